The summed E-state index contributed by atoms with van der Waals surface area (Å²) in [5.74, 6) is 0. The summed E-state index contributed by atoms with van der Waals surface area (Å²) in [7, 11) is 0. The first kappa shape index (κ1) is 70.4. The van der Waals surface area contributed by atoms with Gasteiger partial charge in [0.05, 0.1) is 110 Å². The van der Waals surface area contributed by atoms with Crippen LogP contribution in [-0.2, 0) is 0 Å². The fourth-order valence-electron chi connectivity index (χ4n) is 22.4. The van der Waals surface area contributed by atoms with Crippen molar-refractivity contribution in [2.45, 2.75) is 0 Å². The summed E-state index contributed by atoms with van der Waals surface area (Å²) < 4.78 is 16.6. The number of hydrogen-bond acceptors (Lipinski definition) is 6. The maximum absolute atomic E-state index is 5.22. The molecule has 0 aliphatic carbocycles. The van der Waals surface area contributed by atoms with Gasteiger partial charge in [0.1, 0.15) is 16.6 Å². The first-order valence-corrected chi connectivity index (χ1v) is 44.6. The van der Waals surface area contributed by atoms with Gasteiger partial charge < -0.3 is 18.3 Å². The molecule has 0 atom stereocenters. The molecule has 0 unspecified atom stereocenters. The van der Waals surface area contributed by atoms with E-state index < -0.39 is 0 Å². The maximum Gasteiger partial charge on any atom is 0.165 e. The van der Waals surface area contributed by atoms with Crippen LogP contribution in [0, 0.1) is 0 Å². The smallest absolute Gasteiger partial charge is 0.165 e. The minimum absolute atomic E-state index is 0.899. The molecule has 13 aromatic heterocycles. The molecule has 0 amide bonds. The normalized spacial score (nSPS) is 12.4. The fourth-order valence-corrected chi connectivity index (χ4v) is 22.4. The summed E-state index contributed by atoms with van der Waals surface area (Å²) in [5, 5.41) is 23.3. The molecule has 604 valence electrons. The fraction of sp³-hybridized carbons (Fsp3) is 0. The van der Waals surface area contributed by atoms with Gasteiger partial charge in [-0.05, 0) is 186 Å². The SMILES string of the molecule is c1ccc(-c2cc3c4cc5c6ccccc6n(-c6ccccc6)c5cc4n4c5nc6ccccc6nc5c(c2)c34)cc1.c1ccc(-n2c3ccccc3c3cc4c5c6ccccc6cc6c7nc8ccccc8nc7n(c4cc32)c65)cc1.c1ccc(-n2c3ccccc3c3ccc(-n4c5ccccc5c5cc6c7cccc8c9nc%10ccccc%10nc9n(c6cc54)c78)cc32)cc1. The Balaban J connectivity index is 0.0000000951. The van der Waals surface area contributed by atoms with E-state index in [2.05, 4.69) is 395 Å². The average Bonchev–Trinajstić information content (AvgIpc) is 1.56. The molecular weight excluding hydrogens is 1600 g/mol. The van der Waals surface area contributed by atoms with Crippen molar-refractivity contribution in [3.8, 4) is 33.9 Å². The lowest BCUT2D eigenvalue weighted by Crippen LogP contribution is -1.97. The molecule has 0 fully saturated rings. The van der Waals surface area contributed by atoms with Gasteiger partial charge in [-0.1, -0.05) is 243 Å². The maximum atomic E-state index is 5.22. The molecule has 13 heterocycles. The van der Waals surface area contributed by atoms with Gasteiger partial charge in [0.25, 0.3) is 0 Å². The van der Waals surface area contributed by atoms with Crippen LogP contribution in [0.25, 0.3) is 280 Å². The first-order valence-electron chi connectivity index (χ1n) is 44.6. The zero-order valence-electron chi connectivity index (χ0n) is 70.0. The van der Waals surface area contributed by atoms with E-state index >= 15 is 0 Å². The molecule has 131 heavy (non-hydrogen) atoms. The second-order valence-corrected chi connectivity index (χ2v) is 34.8. The highest BCUT2D eigenvalue weighted by molar-refractivity contribution is 6.34. The van der Waals surface area contributed by atoms with Crippen LogP contribution in [0.4, 0.5) is 0 Å². The molecule has 32 rings (SSSR count). The van der Waals surface area contributed by atoms with Crippen LogP contribution in [0.5, 0.6) is 0 Å². The Morgan fingerprint density at radius 2 is 0.473 bits per heavy atom. The summed E-state index contributed by atoms with van der Waals surface area (Å²) >= 11 is 0. The van der Waals surface area contributed by atoms with Crippen molar-refractivity contribution in [3.63, 3.8) is 0 Å². The molecule has 0 bridgehead atoms. The number of fused-ring (bicyclic) bond motifs is 35. The Hall–Kier alpha value is -17.9. The third-order valence-electron chi connectivity index (χ3n) is 27.9. The molecule has 13 heteroatoms. The highest BCUT2D eigenvalue weighted by Gasteiger charge is 2.29. The van der Waals surface area contributed by atoms with Crippen molar-refractivity contribution in [1.29, 1.82) is 0 Å². The number of nitrogens with zero attached hydrogens (tertiary/aromatic N) is 13. The Bertz CT molecular complexity index is 10500. The van der Waals surface area contributed by atoms with E-state index in [0.717, 1.165) is 122 Å². The van der Waals surface area contributed by atoms with Gasteiger partial charge in [0.15, 0.2) is 16.9 Å². The minimum Gasteiger partial charge on any atom is -0.309 e. The molecule has 13 nitrogen and oxygen atoms in total. The Morgan fingerprint density at radius 1 is 0.153 bits per heavy atom. The second kappa shape index (κ2) is 26.3. The van der Waals surface area contributed by atoms with E-state index in [-0.39, 0.29) is 0 Å². The van der Waals surface area contributed by atoms with Crippen LogP contribution in [0.15, 0.2) is 406 Å². The second-order valence-electron chi connectivity index (χ2n) is 34.8. The average molecular weight is 1670 g/mol. The third-order valence-corrected chi connectivity index (χ3v) is 27.9. The highest BCUT2D eigenvalue weighted by atomic mass is 15.1. The quantitative estimate of drug-likeness (QED) is 0.170. The third kappa shape index (κ3) is 9.75. The van der Waals surface area contributed by atoms with Crippen LogP contribution in [-0.4, -0.2) is 61.4 Å². The summed E-state index contributed by atoms with van der Waals surface area (Å²) in [4.78, 5) is 31.1. The molecule has 0 saturated heterocycles. The monoisotopic (exact) mass is 1670 g/mol. The predicted octanol–water partition coefficient (Wildman–Crippen LogP) is 29.5. The van der Waals surface area contributed by atoms with Crippen molar-refractivity contribution in [3.05, 3.63) is 406 Å². The Morgan fingerprint density at radius 3 is 0.962 bits per heavy atom. The molecule has 0 aliphatic heterocycles. The molecule has 0 N–H and O–H groups in total. The molecule has 0 saturated carbocycles. The molecule has 19 aromatic carbocycles. The van der Waals surface area contributed by atoms with Crippen LogP contribution in [0.3, 0.4) is 0 Å². The zero-order valence-corrected chi connectivity index (χ0v) is 70.0. The number of benzene rings is 19. The van der Waals surface area contributed by atoms with Gasteiger partial charge in [0.2, 0.25) is 0 Å². The topological polar surface area (TPSA) is 110 Å². The molecule has 0 radical (unpaired) electrons. The molecule has 32 aromatic rings. The van der Waals surface area contributed by atoms with Crippen LogP contribution in [0.1, 0.15) is 0 Å². The van der Waals surface area contributed by atoms with E-state index in [9.17, 15) is 0 Å². The van der Waals surface area contributed by atoms with Crippen LogP contribution >= 0.6 is 0 Å². The van der Waals surface area contributed by atoms with E-state index in [1.165, 1.54) is 158 Å². The molecular formula is C118H67N13. The number of para-hydroxylation sites is 14. The lowest BCUT2D eigenvalue weighted by Gasteiger charge is -2.11. The van der Waals surface area contributed by atoms with Gasteiger partial charge in [0, 0.05) is 114 Å². The van der Waals surface area contributed by atoms with Crippen molar-refractivity contribution in [1.82, 2.24) is 61.4 Å². The summed E-state index contributed by atoms with van der Waals surface area (Å²) in [6.07, 6.45) is 0. The Labute approximate surface area is 742 Å². The van der Waals surface area contributed by atoms with Gasteiger partial charge in [-0.15, -0.1) is 0 Å². The Kier molecular flexibility index (Phi) is 14.1. The number of rotatable bonds is 5. The lowest BCUT2D eigenvalue weighted by molar-refractivity contribution is 1.15. The van der Waals surface area contributed by atoms with E-state index in [0.29, 0.717) is 0 Å². The number of aromatic nitrogens is 13. The summed E-state index contributed by atoms with van der Waals surface area (Å²) in [6.45, 7) is 0. The lowest BCUT2D eigenvalue weighted by atomic mass is 10.00. The van der Waals surface area contributed by atoms with Gasteiger partial charge in [-0.2, -0.15) is 0 Å². The van der Waals surface area contributed by atoms with Crippen molar-refractivity contribution in [2.24, 2.45) is 0 Å². The van der Waals surface area contributed by atoms with E-state index in [4.69, 9.17) is 29.9 Å². The highest BCUT2D eigenvalue weighted by Crippen LogP contribution is 2.50. The largest absolute Gasteiger partial charge is 0.309 e. The standard InChI is InChI=1S/C44H25N5.C38H22N4.C36H20N4/c1-2-11-26(12-3-1)47-37-19-8-4-13-28(37)30-22-21-27(23-39(30)47)48-38-20-9-5-14-29(38)33-24-34-31-15-10-16-32-42-44(46-36-18-7-6-17-35(36)45-42)49(43(31)32)41(34)25-40(33)48;1-3-11-23(12-4-1)24-19-29-28-21-27-26-15-7-10-18-33(26)41(25-13-5-2-6-14-25)34(27)22-35(28)42-37(29)30(20-24)36-38(42)40-32-17-9-8-16-31(32)39-36;1-2-11-22(12-3-1)39-30-17-9-6-14-24(30)25-19-26-32(20-31(25)39)40-35-27(18-21-10-4-5-13-23(21)33(26)35)34-36(40)38-29-16-8-7-15-28(29)37-34/h1-25H;1-22H;1-20H. The van der Waals surface area contributed by atoms with Gasteiger partial charge in [-0.25, -0.2) is 29.9 Å². The first-order chi connectivity index (χ1) is 65.0. The van der Waals surface area contributed by atoms with Crippen molar-refractivity contribution >= 4 is 246 Å². The molecule has 0 aliphatic rings. The summed E-state index contributed by atoms with van der Waals surface area (Å²) in [5.41, 5.74) is 34.5. The van der Waals surface area contributed by atoms with Gasteiger partial charge >= 0.3 is 0 Å². The van der Waals surface area contributed by atoms with Gasteiger partial charge in [-0.3, -0.25) is 13.2 Å². The van der Waals surface area contributed by atoms with Crippen molar-refractivity contribution in [2.75, 3.05) is 0 Å². The van der Waals surface area contributed by atoms with Crippen LogP contribution < -0.4 is 0 Å². The zero-order chi connectivity index (χ0) is 85.1. The summed E-state index contributed by atoms with van der Waals surface area (Å²) in [6, 6.07) is 145. The predicted molar refractivity (Wildman–Crippen MR) is 543 cm³/mol. The van der Waals surface area contributed by atoms with E-state index in [1.54, 1.807) is 0 Å². The van der Waals surface area contributed by atoms with E-state index in [1.807, 2.05) is 42.5 Å². The van der Waals surface area contributed by atoms with Crippen LogP contribution in [0.2, 0.25) is 0 Å². The minimum atomic E-state index is 0.899. The molecule has 0 spiro atoms. The number of hydrogen-bond donors (Lipinski definition) is 0. The van der Waals surface area contributed by atoms with Crippen molar-refractivity contribution < 1.29 is 0 Å².